The van der Waals surface area contributed by atoms with Crippen LogP contribution in [0.25, 0.3) is 0 Å². The van der Waals surface area contributed by atoms with Crippen LogP contribution in [0, 0.1) is 12.8 Å². The summed E-state index contributed by atoms with van der Waals surface area (Å²) in [6, 6.07) is 4.85. The highest BCUT2D eigenvalue weighted by atomic mass is 16.3. The van der Waals surface area contributed by atoms with E-state index in [0.29, 0.717) is 18.0 Å². The summed E-state index contributed by atoms with van der Waals surface area (Å²) >= 11 is 0. The van der Waals surface area contributed by atoms with Gasteiger partial charge in [0.15, 0.2) is 0 Å². The van der Waals surface area contributed by atoms with E-state index in [9.17, 15) is 15.0 Å². The lowest BCUT2D eigenvalue weighted by Gasteiger charge is -2.39. The minimum Gasteiger partial charge on any atom is -0.508 e. The number of rotatable bonds is 2. The molecule has 0 aromatic heterocycles. The Labute approximate surface area is 113 Å². The standard InChI is InChI=1S/C15H21NO3/c1-10-4-3-7-16(13(10)9-17)15(19)12-6-5-11(2)14(18)8-12/h5-6,8,10,13,17-18H,3-4,7,9H2,1-2H3. The van der Waals surface area contributed by atoms with Crippen molar-refractivity contribution in [2.75, 3.05) is 13.2 Å². The predicted octanol–water partition coefficient (Wildman–Crippen LogP) is 1.93. The number of aliphatic hydroxyl groups excluding tert-OH is 1. The first-order chi connectivity index (χ1) is 9.04. The zero-order valence-electron chi connectivity index (χ0n) is 11.5. The Hall–Kier alpha value is -1.55. The van der Waals surface area contributed by atoms with Crippen LogP contribution in [-0.4, -0.2) is 40.2 Å². The van der Waals surface area contributed by atoms with E-state index in [1.807, 2.05) is 0 Å². The smallest absolute Gasteiger partial charge is 0.254 e. The second-order valence-electron chi connectivity index (χ2n) is 5.37. The van der Waals surface area contributed by atoms with Crippen molar-refractivity contribution in [1.29, 1.82) is 0 Å². The number of amides is 1. The number of aryl methyl sites for hydroxylation is 1. The highest BCUT2D eigenvalue weighted by molar-refractivity contribution is 5.95. The molecule has 1 aliphatic rings. The number of phenolic OH excluding ortho intramolecular Hbond substituents is 1. The van der Waals surface area contributed by atoms with Crippen LogP contribution in [0.2, 0.25) is 0 Å². The van der Waals surface area contributed by atoms with Crippen LogP contribution in [0.4, 0.5) is 0 Å². The number of likely N-dealkylation sites (tertiary alicyclic amines) is 1. The third-order valence-corrected chi connectivity index (χ3v) is 4.02. The summed E-state index contributed by atoms with van der Waals surface area (Å²) in [7, 11) is 0. The number of nitrogens with zero attached hydrogens (tertiary/aromatic N) is 1. The number of aromatic hydroxyl groups is 1. The molecule has 1 aliphatic heterocycles. The van der Waals surface area contributed by atoms with E-state index in [2.05, 4.69) is 6.92 Å². The third-order valence-electron chi connectivity index (χ3n) is 4.02. The summed E-state index contributed by atoms with van der Waals surface area (Å²) in [5.41, 5.74) is 1.23. The molecule has 1 aromatic carbocycles. The van der Waals surface area contributed by atoms with Crippen molar-refractivity contribution in [1.82, 2.24) is 4.90 Å². The molecule has 4 heteroatoms. The number of benzene rings is 1. The van der Waals surface area contributed by atoms with E-state index in [1.165, 1.54) is 6.07 Å². The Kier molecular flexibility index (Phi) is 4.10. The molecule has 1 amide bonds. The highest BCUT2D eigenvalue weighted by Gasteiger charge is 2.31. The molecule has 1 aromatic rings. The van der Waals surface area contributed by atoms with Gasteiger partial charge in [-0.05, 0) is 43.4 Å². The summed E-state index contributed by atoms with van der Waals surface area (Å²) in [5.74, 6) is 0.333. The van der Waals surface area contributed by atoms with Gasteiger partial charge in [-0.1, -0.05) is 13.0 Å². The van der Waals surface area contributed by atoms with Crippen molar-refractivity contribution in [2.24, 2.45) is 5.92 Å². The maximum atomic E-state index is 12.5. The first-order valence-electron chi connectivity index (χ1n) is 6.76. The Balaban J connectivity index is 2.24. The zero-order valence-corrected chi connectivity index (χ0v) is 11.5. The SMILES string of the molecule is Cc1ccc(C(=O)N2CCCC(C)C2CO)cc1O. The predicted molar refractivity (Wildman–Crippen MR) is 73.2 cm³/mol. The molecule has 4 nitrogen and oxygen atoms in total. The molecule has 104 valence electrons. The molecule has 0 aliphatic carbocycles. The van der Waals surface area contributed by atoms with Crippen LogP contribution < -0.4 is 0 Å². The average molecular weight is 263 g/mol. The summed E-state index contributed by atoms with van der Waals surface area (Å²) < 4.78 is 0. The van der Waals surface area contributed by atoms with Crippen molar-refractivity contribution in [3.8, 4) is 5.75 Å². The summed E-state index contributed by atoms with van der Waals surface area (Å²) in [5, 5.41) is 19.2. The number of piperidine rings is 1. The molecule has 2 N–H and O–H groups in total. The first-order valence-corrected chi connectivity index (χ1v) is 6.76. The largest absolute Gasteiger partial charge is 0.508 e. The lowest BCUT2D eigenvalue weighted by atomic mass is 9.90. The van der Waals surface area contributed by atoms with Gasteiger partial charge in [-0.15, -0.1) is 0 Å². The van der Waals surface area contributed by atoms with Crippen LogP contribution >= 0.6 is 0 Å². The molecule has 0 spiro atoms. The Morgan fingerprint density at radius 3 is 2.84 bits per heavy atom. The van der Waals surface area contributed by atoms with Gasteiger partial charge in [0, 0.05) is 12.1 Å². The van der Waals surface area contributed by atoms with E-state index in [0.717, 1.165) is 18.4 Å². The molecule has 0 saturated carbocycles. The monoisotopic (exact) mass is 263 g/mol. The fourth-order valence-electron chi connectivity index (χ4n) is 2.69. The Morgan fingerprint density at radius 1 is 1.47 bits per heavy atom. The normalized spacial score (nSPS) is 23.4. The van der Waals surface area contributed by atoms with Crippen molar-refractivity contribution < 1.29 is 15.0 Å². The fraction of sp³-hybridized carbons (Fsp3) is 0.533. The highest BCUT2D eigenvalue weighted by Crippen LogP contribution is 2.26. The maximum Gasteiger partial charge on any atom is 0.254 e. The minimum absolute atomic E-state index is 0.00918. The van der Waals surface area contributed by atoms with E-state index >= 15 is 0 Å². The second kappa shape index (κ2) is 5.61. The van der Waals surface area contributed by atoms with Crippen molar-refractivity contribution in [3.63, 3.8) is 0 Å². The van der Waals surface area contributed by atoms with Crippen LogP contribution in [0.1, 0.15) is 35.7 Å². The quantitative estimate of drug-likeness (QED) is 0.857. The van der Waals surface area contributed by atoms with Gasteiger partial charge in [0.2, 0.25) is 0 Å². The van der Waals surface area contributed by atoms with Crippen LogP contribution in [0.3, 0.4) is 0 Å². The average Bonchev–Trinajstić information content (AvgIpc) is 2.40. The summed E-state index contributed by atoms with van der Waals surface area (Å²) in [6.07, 6.45) is 2.00. The first kappa shape index (κ1) is 13.9. The van der Waals surface area contributed by atoms with E-state index in [1.54, 1.807) is 24.0 Å². The number of aliphatic hydroxyl groups is 1. The topological polar surface area (TPSA) is 60.8 Å². The lowest BCUT2D eigenvalue weighted by molar-refractivity contribution is 0.0358. The van der Waals surface area contributed by atoms with E-state index in [4.69, 9.17) is 0 Å². The van der Waals surface area contributed by atoms with Gasteiger partial charge in [0.05, 0.1) is 12.6 Å². The lowest BCUT2D eigenvalue weighted by Crippen LogP contribution is -2.49. The molecule has 0 radical (unpaired) electrons. The summed E-state index contributed by atoms with van der Waals surface area (Å²) in [6.45, 7) is 4.52. The maximum absolute atomic E-state index is 12.5. The number of hydrogen-bond acceptors (Lipinski definition) is 3. The second-order valence-corrected chi connectivity index (χ2v) is 5.37. The molecule has 2 rings (SSSR count). The molecule has 1 saturated heterocycles. The van der Waals surface area contributed by atoms with Crippen molar-refractivity contribution >= 4 is 5.91 Å². The Bertz CT molecular complexity index is 472. The van der Waals surface area contributed by atoms with E-state index < -0.39 is 0 Å². The van der Waals surface area contributed by atoms with E-state index in [-0.39, 0.29) is 24.3 Å². The molecular weight excluding hydrogens is 242 g/mol. The van der Waals surface area contributed by atoms with Gasteiger partial charge < -0.3 is 15.1 Å². The van der Waals surface area contributed by atoms with Crippen LogP contribution in [0.5, 0.6) is 5.75 Å². The van der Waals surface area contributed by atoms with Gasteiger partial charge in [0.25, 0.3) is 5.91 Å². The molecule has 2 atom stereocenters. The Morgan fingerprint density at radius 2 is 2.21 bits per heavy atom. The van der Waals surface area contributed by atoms with Crippen LogP contribution in [-0.2, 0) is 0 Å². The van der Waals surface area contributed by atoms with Gasteiger partial charge in [0.1, 0.15) is 5.75 Å². The molecule has 1 heterocycles. The number of phenols is 1. The molecule has 19 heavy (non-hydrogen) atoms. The molecule has 0 bridgehead atoms. The molecule has 1 fully saturated rings. The summed E-state index contributed by atoms with van der Waals surface area (Å²) in [4.78, 5) is 14.2. The van der Waals surface area contributed by atoms with Gasteiger partial charge >= 0.3 is 0 Å². The number of carbonyl (C=O) groups excluding carboxylic acids is 1. The molecular formula is C15H21NO3. The number of hydrogen-bond donors (Lipinski definition) is 2. The van der Waals surface area contributed by atoms with Gasteiger partial charge in [-0.2, -0.15) is 0 Å². The van der Waals surface area contributed by atoms with Gasteiger partial charge in [-0.3, -0.25) is 4.79 Å². The van der Waals surface area contributed by atoms with Crippen LogP contribution in [0.15, 0.2) is 18.2 Å². The van der Waals surface area contributed by atoms with Crippen molar-refractivity contribution in [2.45, 2.75) is 32.7 Å². The zero-order chi connectivity index (χ0) is 14.0. The fourth-order valence-corrected chi connectivity index (χ4v) is 2.69. The van der Waals surface area contributed by atoms with Gasteiger partial charge in [-0.25, -0.2) is 0 Å². The number of carbonyl (C=O) groups is 1. The third kappa shape index (κ3) is 2.73. The van der Waals surface area contributed by atoms with Crippen molar-refractivity contribution in [3.05, 3.63) is 29.3 Å². The molecule has 2 unspecified atom stereocenters. The minimum atomic E-state index is -0.121.